The average molecular weight is 374 g/mol. The van der Waals surface area contributed by atoms with Crippen molar-refractivity contribution in [3.8, 4) is 0 Å². The number of nitrogens with one attached hydrogen (secondary N) is 1. The zero-order valence-electron chi connectivity index (χ0n) is 14.2. The van der Waals surface area contributed by atoms with Crippen molar-refractivity contribution >= 4 is 29.2 Å². The molecule has 1 aliphatic heterocycles. The standard InChI is InChI=1S/C19H16F2N2O4/c20-12-7-8-15(14(21)10-12)22-17(24)11-27-19(26)13-4-1-2-5-16(13)23-9-3-6-18(23)25/h1-2,4-5,7-8,10H,3,6,9,11H2,(H,22,24). The smallest absolute Gasteiger partial charge is 0.340 e. The van der Waals surface area contributed by atoms with Crippen molar-refractivity contribution < 1.29 is 27.9 Å². The predicted molar refractivity (Wildman–Crippen MR) is 93.3 cm³/mol. The molecule has 0 aromatic heterocycles. The molecule has 0 radical (unpaired) electrons. The van der Waals surface area contributed by atoms with E-state index in [-0.39, 0.29) is 17.2 Å². The van der Waals surface area contributed by atoms with Gasteiger partial charge >= 0.3 is 5.97 Å². The lowest BCUT2D eigenvalue weighted by Crippen LogP contribution is -2.27. The summed E-state index contributed by atoms with van der Waals surface area (Å²) in [6, 6.07) is 9.14. The molecular weight excluding hydrogens is 358 g/mol. The Labute approximate surface area is 153 Å². The molecule has 0 bridgehead atoms. The Bertz CT molecular complexity index is 901. The van der Waals surface area contributed by atoms with Crippen LogP contribution in [0.1, 0.15) is 23.2 Å². The largest absolute Gasteiger partial charge is 0.452 e. The Morgan fingerprint density at radius 3 is 2.63 bits per heavy atom. The van der Waals surface area contributed by atoms with E-state index in [0.29, 0.717) is 31.1 Å². The van der Waals surface area contributed by atoms with Crippen LogP contribution in [0.4, 0.5) is 20.2 Å². The van der Waals surface area contributed by atoms with Crippen LogP contribution in [0.2, 0.25) is 0 Å². The molecular formula is C19H16F2N2O4. The number of esters is 1. The molecule has 0 unspecified atom stereocenters. The van der Waals surface area contributed by atoms with Crippen LogP contribution in [0, 0.1) is 11.6 Å². The van der Waals surface area contributed by atoms with Gasteiger partial charge in [-0.05, 0) is 30.7 Å². The Balaban J connectivity index is 1.64. The molecule has 0 atom stereocenters. The number of anilines is 2. The van der Waals surface area contributed by atoms with Crippen LogP contribution >= 0.6 is 0 Å². The lowest BCUT2D eigenvalue weighted by atomic mass is 10.1. The highest BCUT2D eigenvalue weighted by atomic mass is 19.1. The normalized spacial score (nSPS) is 13.6. The first-order valence-corrected chi connectivity index (χ1v) is 8.27. The van der Waals surface area contributed by atoms with Crippen molar-refractivity contribution in [3.05, 3.63) is 59.7 Å². The molecule has 27 heavy (non-hydrogen) atoms. The van der Waals surface area contributed by atoms with E-state index < -0.39 is 30.1 Å². The highest BCUT2D eigenvalue weighted by molar-refractivity contribution is 6.04. The molecule has 1 fully saturated rings. The van der Waals surface area contributed by atoms with Gasteiger partial charge in [0.2, 0.25) is 5.91 Å². The number of carbonyl (C=O) groups is 3. The summed E-state index contributed by atoms with van der Waals surface area (Å²) in [6.45, 7) is -0.147. The van der Waals surface area contributed by atoms with E-state index in [1.807, 2.05) is 0 Å². The maximum atomic E-state index is 13.5. The van der Waals surface area contributed by atoms with Crippen LogP contribution in [0.15, 0.2) is 42.5 Å². The summed E-state index contributed by atoms with van der Waals surface area (Å²) >= 11 is 0. The second-order valence-corrected chi connectivity index (χ2v) is 5.91. The van der Waals surface area contributed by atoms with E-state index in [0.717, 1.165) is 12.1 Å². The van der Waals surface area contributed by atoms with E-state index in [1.165, 1.54) is 11.0 Å². The van der Waals surface area contributed by atoms with Gasteiger partial charge in [-0.2, -0.15) is 0 Å². The van der Waals surface area contributed by atoms with Crippen molar-refractivity contribution in [2.75, 3.05) is 23.4 Å². The zero-order valence-corrected chi connectivity index (χ0v) is 14.2. The van der Waals surface area contributed by atoms with Crippen LogP contribution in [0.3, 0.4) is 0 Å². The molecule has 2 aromatic carbocycles. The Morgan fingerprint density at radius 1 is 1.15 bits per heavy atom. The van der Waals surface area contributed by atoms with Crippen LogP contribution in [-0.4, -0.2) is 30.9 Å². The van der Waals surface area contributed by atoms with Gasteiger partial charge in [0.1, 0.15) is 11.6 Å². The van der Waals surface area contributed by atoms with E-state index in [2.05, 4.69) is 5.32 Å². The highest BCUT2D eigenvalue weighted by Gasteiger charge is 2.26. The summed E-state index contributed by atoms with van der Waals surface area (Å²) in [4.78, 5) is 37.6. The van der Waals surface area contributed by atoms with Crippen molar-refractivity contribution in [2.45, 2.75) is 12.8 Å². The fourth-order valence-corrected chi connectivity index (χ4v) is 2.77. The third kappa shape index (κ3) is 4.28. The van der Waals surface area contributed by atoms with Crippen LogP contribution in [0.25, 0.3) is 0 Å². The van der Waals surface area contributed by atoms with Gasteiger partial charge in [0.15, 0.2) is 6.61 Å². The molecule has 0 saturated carbocycles. The molecule has 6 nitrogen and oxygen atoms in total. The van der Waals surface area contributed by atoms with Gasteiger partial charge in [-0.15, -0.1) is 0 Å². The molecule has 2 aromatic rings. The third-order valence-corrected chi connectivity index (χ3v) is 4.03. The fourth-order valence-electron chi connectivity index (χ4n) is 2.77. The molecule has 2 amide bonds. The molecule has 1 N–H and O–H groups in total. The summed E-state index contributed by atoms with van der Waals surface area (Å²) < 4.78 is 31.4. The number of amides is 2. The van der Waals surface area contributed by atoms with Gasteiger partial charge in [-0.25, -0.2) is 13.6 Å². The van der Waals surface area contributed by atoms with Crippen molar-refractivity contribution in [2.24, 2.45) is 0 Å². The summed E-state index contributed by atoms with van der Waals surface area (Å²) in [5.41, 5.74) is 0.365. The zero-order chi connectivity index (χ0) is 19.4. The minimum atomic E-state index is -0.937. The monoisotopic (exact) mass is 374 g/mol. The lowest BCUT2D eigenvalue weighted by Gasteiger charge is -2.18. The maximum Gasteiger partial charge on any atom is 0.340 e. The van der Waals surface area contributed by atoms with Gasteiger partial charge in [0.05, 0.1) is 16.9 Å². The SMILES string of the molecule is O=C(COC(=O)c1ccccc1N1CCCC1=O)Nc1ccc(F)cc1F. The second-order valence-electron chi connectivity index (χ2n) is 5.91. The number of halogens is 2. The third-order valence-electron chi connectivity index (χ3n) is 4.03. The first-order chi connectivity index (χ1) is 13.0. The summed E-state index contributed by atoms with van der Waals surface area (Å²) in [5.74, 6) is -3.35. The van der Waals surface area contributed by atoms with Gasteiger partial charge in [-0.3, -0.25) is 9.59 Å². The molecule has 1 saturated heterocycles. The van der Waals surface area contributed by atoms with Gasteiger partial charge in [0.25, 0.3) is 5.91 Å². The summed E-state index contributed by atoms with van der Waals surface area (Å²) in [5, 5.41) is 2.20. The lowest BCUT2D eigenvalue weighted by molar-refractivity contribution is -0.119. The van der Waals surface area contributed by atoms with Crippen molar-refractivity contribution in [1.29, 1.82) is 0 Å². The number of para-hydroxylation sites is 1. The Hall–Kier alpha value is -3.29. The maximum absolute atomic E-state index is 13.5. The average Bonchev–Trinajstić information content (AvgIpc) is 3.08. The van der Waals surface area contributed by atoms with E-state index >= 15 is 0 Å². The predicted octanol–water partition coefficient (Wildman–Crippen LogP) is 2.89. The number of benzene rings is 2. The van der Waals surface area contributed by atoms with Crippen LogP contribution in [0.5, 0.6) is 0 Å². The van der Waals surface area contributed by atoms with Gasteiger partial charge in [-0.1, -0.05) is 12.1 Å². The molecule has 1 aliphatic rings. The number of hydrogen-bond acceptors (Lipinski definition) is 4. The number of carbonyl (C=O) groups excluding carboxylic acids is 3. The summed E-state index contributed by atoms with van der Waals surface area (Å²) in [7, 11) is 0. The fraction of sp³-hybridized carbons (Fsp3) is 0.211. The number of nitrogens with zero attached hydrogens (tertiary/aromatic N) is 1. The number of hydrogen-bond donors (Lipinski definition) is 1. The molecule has 8 heteroatoms. The Kier molecular flexibility index (Phi) is 5.44. The van der Waals surface area contributed by atoms with Gasteiger partial charge < -0.3 is 15.0 Å². The quantitative estimate of drug-likeness (QED) is 0.817. The molecule has 0 spiro atoms. The van der Waals surface area contributed by atoms with Gasteiger partial charge in [0, 0.05) is 19.0 Å². The van der Waals surface area contributed by atoms with Crippen molar-refractivity contribution in [1.82, 2.24) is 0 Å². The molecule has 0 aliphatic carbocycles. The summed E-state index contributed by atoms with van der Waals surface area (Å²) in [6.07, 6.45) is 1.11. The minimum absolute atomic E-state index is 0.0835. The first kappa shape index (κ1) is 18.5. The van der Waals surface area contributed by atoms with E-state index in [1.54, 1.807) is 18.2 Å². The Morgan fingerprint density at radius 2 is 1.93 bits per heavy atom. The minimum Gasteiger partial charge on any atom is -0.452 e. The second kappa shape index (κ2) is 7.94. The van der Waals surface area contributed by atoms with Crippen molar-refractivity contribution in [3.63, 3.8) is 0 Å². The molecule has 140 valence electrons. The first-order valence-electron chi connectivity index (χ1n) is 8.27. The highest BCUT2D eigenvalue weighted by Crippen LogP contribution is 2.26. The number of rotatable bonds is 5. The van der Waals surface area contributed by atoms with E-state index in [4.69, 9.17) is 4.74 Å². The van der Waals surface area contributed by atoms with Crippen LogP contribution < -0.4 is 10.2 Å². The molecule has 1 heterocycles. The molecule has 3 rings (SSSR count). The number of ether oxygens (including phenoxy) is 1. The van der Waals surface area contributed by atoms with Crippen LogP contribution in [-0.2, 0) is 14.3 Å². The topological polar surface area (TPSA) is 75.7 Å². The van der Waals surface area contributed by atoms with E-state index in [9.17, 15) is 23.2 Å².